The monoisotopic (exact) mass is 716 g/mol. The largest absolute Gasteiger partial charge is 0.481 e. The summed E-state index contributed by atoms with van der Waals surface area (Å²) in [5.74, 6) is -1.28. The zero-order chi connectivity index (χ0) is 37.0. The average molecular weight is 717 g/mol. The summed E-state index contributed by atoms with van der Waals surface area (Å²) >= 11 is 1.47. The van der Waals surface area contributed by atoms with Crippen molar-refractivity contribution in [1.82, 2.24) is 20.2 Å². The van der Waals surface area contributed by atoms with E-state index in [4.69, 9.17) is 0 Å². The van der Waals surface area contributed by atoms with Gasteiger partial charge in [-0.05, 0) is 65.1 Å². The number of hydrogen-bond acceptors (Lipinski definition) is 6. The van der Waals surface area contributed by atoms with Gasteiger partial charge in [-0.25, -0.2) is 14.4 Å². The number of likely N-dealkylation sites (tertiary alicyclic amines) is 1. The highest BCUT2D eigenvalue weighted by molar-refractivity contribution is 7.14. The lowest BCUT2D eigenvalue weighted by Crippen LogP contribution is -2.53. The van der Waals surface area contributed by atoms with E-state index < -0.39 is 17.9 Å². The van der Waals surface area contributed by atoms with Crippen LogP contribution >= 0.6 is 11.3 Å². The molecule has 52 heavy (non-hydrogen) atoms. The van der Waals surface area contributed by atoms with E-state index in [1.165, 1.54) is 16.9 Å². The van der Waals surface area contributed by atoms with Crippen LogP contribution in [-0.4, -0.2) is 51.0 Å². The van der Waals surface area contributed by atoms with Gasteiger partial charge in [0.2, 0.25) is 0 Å². The molecule has 5 aromatic rings. The number of carbonyl (C=O) groups excluding carboxylic acids is 1. The van der Waals surface area contributed by atoms with E-state index in [1.54, 1.807) is 24.5 Å². The molecule has 268 valence electrons. The first-order valence-corrected chi connectivity index (χ1v) is 18.6. The smallest absolute Gasteiger partial charge is 0.310 e. The van der Waals surface area contributed by atoms with Crippen molar-refractivity contribution in [2.24, 2.45) is 5.92 Å². The molecule has 1 atom stereocenters. The maximum Gasteiger partial charge on any atom is 0.310 e. The summed E-state index contributed by atoms with van der Waals surface area (Å²) in [6.07, 6.45) is 7.10. The molecular formula is C43H45FN4O3S. The second-order valence-corrected chi connectivity index (χ2v) is 15.6. The lowest BCUT2D eigenvalue weighted by molar-refractivity contribution is -0.146. The van der Waals surface area contributed by atoms with Crippen molar-refractivity contribution in [2.45, 2.75) is 64.8 Å². The summed E-state index contributed by atoms with van der Waals surface area (Å²) in [7, 11) is 0. The number of nitrogens with one attached hydrogen (secondary N) is 1. The van der Waals surface area contributed by atoms with Gasteiger partial charge in [-0.1, -0.05) is 101 Å². The van der Waals surface area contributed by atoms with Gasteiger partial charge in [0.15, 0.2) is 5.82 Å². The summed E-state index contributed by atoms with van der Waals surface area (Å²) in [5, 5.41) is 12.6. The maximum atomic E-state index is 15.3. The maximum absolute atomic E-state index is 15.3. The Bertz CT molecular complexity index is 2040. The van der Waals surface area contributed by atoms with E-state index in [0.29, 0.717) is 47.0 Å². The van der Waals surface area contributed by atoms with Gasteiger partial charge in [0.1, 0.15) is 5.82 Å². The number of amides is 1. The van der Waals surface area contributed by atoms with Crippen LogP contribution in [0.2, 0.25) is 0 Å². The number of carbonyl (C=O) groups is 2. The second-order valence-electron chi connectivity index (χ2n) is 14.6. The Morgan fingerprint density at radius 3 is 2.15 bits per heavy atom. The molecule has 1 amide bonds. The Labute approximate surface area is 309 Å². The first-order valence-electron chi connectivity index (χ1n) is 17.8. The van der Waals surface area contributed by atoms with Crippen LogP contribution in [-0.2, 0) is 23.1 Å². The average Bonchev–Trinajstić information content (AvgIpc) is 3.62. The minimum atomic E-state index is -0.828. The van der Waals surface area contributed by atoms with Crippen molar-refractivity contribution >= 4 is 23.2 Å². The van der Waals surface area contributed by atoms with Gasteiger partial charge >= 0.3 is 5.97 Å². The number of nitrogens with zero attached hydrogens (tertiary/aromatic N) is 3. The van der Waals surface area contributed by atoms with Crippen LogP contribution < -0.4 is 5.32 Å². The normalized spacial score (nSPS) is 13.8. The molecule has 2 N–H and O–H groups in total. The summed E-state index contributed by atoms with van der Waals surface area (Å²) in [4.78, 5) is 37.6. The van der Waals surface area contributed by atoms with Crippen LogP contribution in [0.5, 0.6) is 0 Å². The molecule has 0 bridgehead atoms. The van der Waals surface area contributed by atoms with E-state index in [-0.39, 0.29) is 17.1 Å². The first-order chi connectivity index (χ1) is 24.9. The standard InChI is InChI=1S/C43H45FN4O3S/c1-6-7-8-28-9-13-30(14-10-28)32-17-18-35(36(44)22-32)33-23-45-40(46-24-33)31-15-11-29(12-16-31)21-37(27(2)48-25-34(26-48)42(50)51)47-41(49)38-19-20-39(52-38)43(3,4)5/h9-20,22-24,34,37H,2,6-8,21,25-26H2,1,3-5H3,(H,47,49)(H,50,51)/t37-/m0/s1. The van der Waals surface area contributed by atoms with Gasteiger partial charge in [-0.3, -0.25) is 9.59 Å². The molecule has 0 saturated carbocycles. The number of aryl methyl sites for hydroxylation is 1. The molecule has 1 saturated heterocycles. The van der Waals surface area contributed by atoms with E-state index in [0.717, 1.165) is 46.4 Å². The summed E-state index contributed by atoms with van der Waals surface area (Å²) < 4.78 is 15.3. The van der Waals surface area contributed by atoms with E-state index in [9.17, 15) is 14.7 Å². The van der Waals surface area contributed by atoms with E-state index in [1.807, 2.05) is 59.5 Å². The Morgan fingerprint density at radius 1 is 0.923 bits per heavy atom. The molecule has 0 aliphatic carbocycles. The third kappa shape index (κ3) is 8.48. The van der Waals surface area contributed by atoms with Crippen LogP contribution in [0.15, 0.2) is 104 Å². The highest BCUT2D eigenvalue weighted by Gasteiger charge is 2.36. The first kappa shape index (κ1) is 36.6. The molecule has 0 radical (unpaired) electrons. The minimum Gasteiger partial charge on any atom is -0.481 e. The summed E-state index contributed by atoms with van der Waals surface area (Å²) in [5.41, 5.74) is 6.49. The Kier molecular flexibility index (Phi) is 11.0. The number of benzene rings is 3. The van der Waals surface area contributed by atoms with Crippen molar-refractivity contribution < 1.29 is 19.1 Å². The molecule has 3 aromatic carbocycles. The Morgan fingerprint density at radius 2 is 1.56 bits per heavy atom. The number of hydrogen-bond donors (Lipinski definition) is 2. The van der Waals surface area contributed by atoms with Crippen molar-refractivity contribution in [3.63, 3.8) is 0 Å². The summed E-state index contributed by atoms with van der Waals surface area (Å²) in [6.45, 7) is 13.5. The molecule has 7 nitrogen and oxygen atoms in total. The third-order valence-electron chi connectivity index (χ3n) is 9.60. The molecule has 1 aliphatic heterocycles. The highest BCUT2D eigenvalue weighted by atomic mass is 32.1. The number of carboxylic acids is 1. The molecular weight excluding hydrogens is 672 g/mol. The Hall–Kier alpha value is -5.15. The number of unbranched alkanes of at least 4 members (excludes halogenated alkanes) is 1. The van der Waals surface area contributed by atoms with Gasteiger partial charge in [0.25, 0.3) is 5.91 Å². The van der Waals surface area contributed by atoms with Crippen molar-refractivity contribution in [3.8, 4) is 33.6 Å². The number of aliphatic carboxylic acids is 1. The zero-order valence-corrected chi connectivity index (χ0v) is 31.0. The lowest BCUT2D eigenvalue weighted by Gasteiger charge is -2.42. The predicted octanol–water partition coefficient (Wildman–Crippen LogP) is 9.19. The van der Waals surface area contributed by atoms with Crippen molar-refractivity contribution in [2.75, 3.05) is 13.1 Å². The Balaban J connectivity index is 1.13. The minimum absolute atomic E-state index is 0.0652. The molecule has 9 heteroatoms. The van der Waals surface area contributed by atoms with Gasteiger partial charge in [-0.2, -0.15) is 0 Å². The SMILES string of the molecule is C=C([C@H](Cc1ccc(-c2ncc(-c3ccc(-c4ccc(CCCC)cc4)cc3F)cn2)cc1)NC(=O)c1ccc(C(C)(C)C)s1)N1CC(C(=O)O)C1. The third-order valence-corrected chi connectivity index (χ3v) is 11.1. The summed E-state index contributed by atoms with van der Waals surface area (Å²) in [6, 6.07) is 24.8. The van der Waals surface area contributed by atoms with Gasteiger partial charge < -0.3 is 15.3 Å². The number of rotatable bonds is 13. The van der Waals surface area contributed by atoms with Crippen LogP contribution in [0.4, 0.5) is 4.39 Å². The van der Waals surface area contributed by atoms with Crippen molar-refractivity contribution in [1.29, 1.82) is 0 Å². The van der Waals surface area contributed by atoms with Gasteiger partial charge in [0.05, 0.1) is 16.8 Å². The number of thiophene rings is 1. The highest BCUT2D eigenvalue weighted by Crippen LogP contribution is 2.31. The quantitative estimate of drug-likeness (QED) is 0.126. The van der Waals surface area contributed by atoms with E-state index in [2.05, 4.69) is 61.7 Å². The molecule has 1 aliphatic rings. The van der Waals surface area contributed by atoms with Crippen LogP contribution in [0.25, 0.3) is 33.6 Å². The van der Waals surface area contributed by atoms with Crippen LogP contribution in [0.3, 0.4) is 0 Å². The molecule has 0 unspecified atom stereocenters. The number of halogens is 1. The van der Waals surface area contributed by atoms with Crippen LogP contribution in [0, 0.1) is 11.7 Å². The number of carboxylic acid groups (broad SMARTS) is 1. The van der Waals surface area contributed by atoms with Gasteiger partial charge in [-0.15, -0.1) is 11.3 Å². The predicted molar refractivity (Wildman–Crippen MR) is 207 cm³/mol. The lowest BCUT2D eigenvalue weighted by atomic mass is 9.95. The fourth-order valence-electron chi connectivity index (χ4n) is 6.25. The molecule has 1 fully saturated rings. The fourth-order valence-corrected chi connectivity index (χ4v) is 7.22. The molecule has 0 spiro atoms. The van der Waals surface area contributed by atoms with Crippen LogP contribution in [0.1, 0.15) is 66.2 Å². The topological polar surface area (TPSA) is 95.4 Å². The van der Waals surface area contributed by atoms with Gasteiger partial charge in [0, 0.05) is 52.7 Å². The number of aromatic nitrogens is 2. The molecule has 6 rings (SSSR count). The molecule has 3 heterocycles. The van der Waals surface area contributed by atoms with Crippen molar-refractivity contribution in [3.05, 3.63) is 130 Å². The zero-order valence-electron chi connectivity index (χ0n) is 30.2. The molecule has 2 aromatic heterocycles. The fraction of sp³-hybridized carbons (Fsp3) is 0.302. The van der Waals surface area contributed by atoms with E-state index >= 15 is 4.39 Å². The second kappa shape index (κ2) is 15.6.